The van der Waals surface area contributed by atoms with Crippen molar-refractivity contribution in [1.82, 2.24) is 4.90 Å². The lowest BCUT2D eigenvalue weighted by Gasteiger charge is -2.37. The Morgan fingerprint density at radius 1 is 1.40 bits per heavy atom. The minimum Gasteiger partial charge on any atom is -0.507 e. The number of aromatic hydroxyl groups is 1. The Hall–Kier alpha value is -1.56. The molecule has 1 unspecified atom stereocenters. The van der Waals surface area contributed by atoms with Gasteiger partial charge in [0.15, 0.2) is 0 Å². The Labute approximate surface area is 125 Å². The summed E-state index contributed by atoms with van der Waals surface area (Å²) in [5, 5.41) is 19.1. The molecule has 2 rings (SSSR count). The number of halogens is 1. The Bertz CT molecular complexity index is 560. The summed E-state index contributed by atoms with van der Waals surface area (Å²) in [6, 6.07) is 4.66. The first-order valence-corrected chi connectivity index (χ1v) is 7.14. The maximum atomic E-state index is 12.4. The number of aliphatic carboxylic acids is 1. The van der Waals surface area contributed by atoms with Crippen LogP contribution in [0.1, 0.15) is 30.1 Å². The molecule has 1 heterocycles. The van der Waals surface area contributed by atoms with Gasteiger partial charge in [-0.05, 0) is 38.0 Å². The first-order chi connectivity index (χ1) is 9.33. The zero-order chi connectivity index (χ0) is 14.9. The lowest BCUT2D eigenvalue weighted by Crippen LogP contribution is -2.48. The predicted molar refractivity (Wildman–Crippen MR) is 76.7 cm³/mol. The van der Waals surface area contributed by atoms with E-state index in [4.69, 9.17) is 0 Å². The summed E-state index contributed by atoms with van der Waals surface area (Å²) in [6.45, 7) is 2.32. The summed E-state index contributed by atoms with van der Waals surface area (Å²) >= 11 is 3.22. The van der Waals surface area contributed by atoms with Crippen LogP contribution in [0, 0.1) is 5.41 Å². The second-order valence-corrected chi connectivity index (χ2v) is 6.27. The highest BCUT2D eigenvalue weighted by Gasteiger charge is 2.39. The van der Waals surface area contributed by atoms with Crippen LogP contribution >= 0.6 is 15.9 Å². The Morgan fingerprint density at radius 3 is 2.70 bits per heavy atom. The van der Waals surface area contributed by atoms with Crippen LogP contribution in [0.3, 0.4) is 0 Å². The number of carboxylic acids is 1. The van der Waals surface area contributed by atoms with Gasteiger partial charge in [0.25, 0.3) is 5.91 Å². The molecule has 0 radical (unpaired) electrons. The molecule has 108 valence electrons. The number of likely N-dealkylation sites (tertiary alicyclic amines) is 1. The molecule has 1 atom stereocenters. The highest BCUT2D eigenvalue weighted by Crippen LogP contribution is 2.32. The van der Waals surface area contributed by atoms with E-state index >= 15 is 0 Å². The molecule has 0 aromatic heterocycles. The van der Waals surface area contributed by atoms with Crippen molar-refractivity contribution in [2.24, 2.45) is 5.41 Å². The van der Waals surface area contributed by atoms with Gasteiger partial charge in [-0.3, -0.25) is 9.59 Å². The Morgan fingerprint density at radius 2 is 2.10 bits per heavy atom. The summed E-state index contributed by atoms with van der Waals surface area (Å²) in [5.41, 5.74) is -0.721. The molecule has 0 spiro atoms. The monoisotopic (exact) mass is 341 g/mol. The van der Waals surface area contributed by atoms with Crippen molar-refractivity contribution < 1.29 is 19.8 Å². The van der Waals surface area contributed by atoms with Crippen LogP contribution in [0.2, 0.25) is 0 Å². The summed E-state index contributed by atoms with van der Waals surface area (Å²) < 4.78 is 0.681. The van der Waals surface area contributed by atoms with E-state index in [-0.39, 0.29) is 23.8 Å². The number of carbonyl (C=O) groups excluding carboxylic acids is 1. The number of hydrogen-bond acceptors (Lipinski definition) is 3. The fourth-order valence-corrected chi connectivity index (χ4v) is 2.79. The first-order valence-electron chi connectivity index (χ1n) is 6.35. The zero-order valence-electron chi connectivity index (χ0n) is 11.1. The van der Waals surface area contributed by atoms with Crippen LogP contribution in [0.15, 0.2) is 22.7 Å². The number of piperidine rings is 1. The van der Waals surface area contributed by atoms with E-state index in [2.05, 4.69) is 15.9 Å². The van der Waals surface area contributed by atoms with Gasteiger partial charge in [0.05, 0.1) is 11.0 Å². The van der Waals surface area contributed by atoms with E-state index in [1.54, 1.807) is 13.0 Å². The standard InChI is InChI=1S/C14H16BrNO4/c1-14(13(19)20)5-2-6-16(8-14)12(18)10-4-3-9(15)7-11(10)17/h3-4,7,17H,2,5-6,8H2,1H3,(H,19,20). The van der Waals surface area contributed by atoms with Crippen molar-refractivity contribution in [2.75, 3.05) is 13.1 Å². The first kappa shape index (κ1) is 14.8. The third kappa shape index (κ3) is 2.80. The maximum absolute atomic E-state index is 12.4. The fourth-order valence-electron chi connectivity index (χ4n) is 2.44. The predicted octanol–water partition coefficient (Wildman–Crippen LogP) is 2.48. The molecule has 1 amide bonds. The number of amides is 1. The molecule has 20 heavy (non-hydrogen) atoms. The summed E-state index contributed by atoms with van der Waals surface area (Å²) in [4.78, 5) is 25.2. The molecule has 5 nitrogen and oxygen atoms in total. The molecule has 1 aromatic carbocycles. The molecule has 0 bridgehead atoms. The SMILES string of the molecule is CC1(C(=O)O)CCCN(C(=O)c2ccc(Br)cc2O)C1. The molecular weight excluding hydrogens is 326 g/mol. The van der Waals surface area contributed by atoms with Gasteiger partial charge in [-0.25, -0.2) is 0 Å². The smallest absolute Gasteiger partial charge is 0.311 e. The lowest BCUT2D eigenvalue weighted by atomic mass is 9.82. The van der Waals surface area contributed by atoms with E-state index < -0.39 is 11.4 Å². The third-order valence-electron chi connectivity index (χ3n) is 3.69. The van der Waals surface area contributed by atoms with Crippen LogP contribution in [-0.4, -0.2) is 40.1 Å². The van der Waals surface area contributed by atoms with E-state index in [1.807, 2.05) is 0 Å². The molecular formula is C14H16BrNO4. The Kier molecular flexibility index (Phi) is 4.04. The molecule has 0 aliphatic carbocycles. The normalized spacial score (nSPS) is 22.6. The van der Waals surface area contributed by atoms with Crippen LogP contribution in [0.4, 0.5) is 0 Å². The molecule has 6 heteroatoms. The summed E-state index contributed by atoms with van der Waals surface area (Å²) in [6.07, 6.45) is 1.20. The Balaban J connectivity index is 2.23. The second-order valence-electron chi connectivity index (χ2n) is 5.36. The largest absolute Gasteiger partial charge is 0.507 e. The minimum atomic E-state index is -0.918. The van der Waals surface area contributed by atoms with Gasteiger partial charge >= 0.3 is 5.97 Å². The molecule has 1 aliphatic heterocycles. The van der Waals surface area contributed by atoms with Crippen LogP contribution < -0.4 is 0 Å². The van der Waals surface area contributed by atoms with Gasteiger partial charge < -0.3 is 15.1 Å². The summed E-state index contributed by atoms with van der Waals surface area (Å²) in [7, 11) is 0. The van der Waals surface area contributed by atoms with Crippen molar-refractivity contribution >= 4 is 27.8 Å². The van der Waals surface area contributed by atoms with Gasteiger partial charge in [0, 0.05) is 17.6 Å². The topological polar surface area (TPSA) is 77.8 Å². The van der Waals surface area contributed by atoms with Gasteiger partial charge in [0.2, 0.25) is 0 Å². The zero-order valence-corrected chi connectivity index (χ0v) is 12.7. The summed E-state index contributed by atoms with van der Waals surface area (Å²) in [5.74, 6) is -1.33. The average Bonchev–Trinajstić information content (AvgIpc) is 2.38. The molecule has 2 N–H and O–H groups in total. The van der Waals surface area contributed by atoms with Gasteiger partial charge in [0.1, 0.15) is 5.75 Å². The number of benzene rings is 1. The maximum Gasteiger partial charge on any atom is 0.311 e. The molecule has 1 aliphatic rings. The average molecular weight is 342 g/mol. The van der Waals surface area contributed by atoms with E-state index in [0.717, 1.165) is 0 Å². The highest BCUT2D eigenvalue weighted by atomic mass is 79.9. The molecule has 1 fully saturated rings. The van der Waals surface area contributed by atoms with Crippen molar-refractivity contribution in [3.05, 3.63) is 28.2 Å². The third-order valence-corrected chi connectivity index (χ3v) is 4.18. The fraction of sp³-hybridized carbons (Fsp3) is 0.429. The number of phenols is 1. The van der Waals surface area contributed by atoms with Crippen molar-refractivity contribution in [1.29, 1.82) is 0 Å². The van der Waals surface area contributed by atoms with E-state index in [0.29, 0.717) is 23.9 Å². The van der Waals surface area contributed by atoms with Crippen LogP contribution in [0.25, 0.3) is 0 Å². The number of carboxylic acid groups (broad SMARTS) is 1. The molecule has 0 saturated carbocycles. The molecule has 1 saturated heterocycles. The number of rotatable bonds is 2. The van der Waals surface area contributed by atoms with Crippen molar-refractivity contribution in [2.45, 2.75) is 19.8 Å². The highest BCUT2D eigenvalue weighted by molar-refractivity contribution is 9.10. The van der Waals surface area contributed by atoms with Crippen molar-refractivity contribution in [3.8, 4) is 5.75 Å². The number of hydrogen-bond donors (Lipinski definition) is 2. The van der Waals surface area contributed by atoms with Gasteiger partial charge in [-0.2, -0.15) is 0 Å². The van der Waals surface area contributed by atoms with Gasteiger partial charge in [-0.15, -0.1) is 0 Å². The number of phenolic OH excluding ortho intramolecular Hbond substituents is 1. The number of carbonyl (C=O) groups is 2. The van der Waals surface area contributed by atoms with Gasteiger partial charge in [-0.1, -0.05) is 15.9 Å². The molecule has 1 aromatic rings. The lowest BCUT2D eigenvalue weighted by molar-refractivity contribution is -0.150. The minimum absolute atomic E-state index is 0.105. The number of nitrogens with zero attached hydrogens (tertiary/aromatic N) is 1. The van der Waals surface area contributed by atoms with E-state index in [9.17, 15) is 19.8 Å². The second kappa shape index (κ2) is 5.44. The van der Waals surface area contributed by atoms with Crippen molar-refractivity contribution in [3.63, 3.8) is 0 Å². The van der Waals surface area contributed by atoms with E-state index in [1.165, 1.54) is 17.0 Å². The quantitative estimate of drug-likeness (QED) is 0.866. The van der Waals surface area contributed by atoms with Crippen LogP contribution in [0.5, 0.6) is 5.75 Å². The van der Waals surface area contributed by atoms with Crippen LogP contribution in [-0.2, 0) is 4.79 Å².